The van der Waals surface area contributed by atoms with Crippen molar-refractivity contribution in [3.05, 3.63) is 0 Å². The molecule has 0 aliphatic heterocycles. The molecule has 0 bridgehead atoms. The summed E-state index contributed by atoms with van der Waals surface area (Å²) in [6, 6.07) is -1.82. The Bertz CT molecular complexity index is 353. The Balaban J connectivity index is 2.42. The minimum Gasteiger partial charge on any atom is -0.480 e. The lowest BCUT2D eigenvalue weighted by Crippen LogP contribution is -2.48. The van der Waals surface area contributed by atoms with Crippen LogP contribution in [0.4, 0.5) is 4.79 Å². The van der Waals surface area contributed by atoms with E-state index < -0.39 is 30.4 Å². The molecule has 5 N–H and O–H groups in total. The van der Waals surface area contributed by atoms with Crippen LogP contribution in [0.3, 0.4) is 0 Å². The summed E-state index contributed by atoms with van der Waals surface area (Å²) in [5, 5.41) is 13.6. The quantitative estimate of drug-likeness (QED) is 0.515. The van der Waals surface area contributed by atoms with Gasteiger partial charge in [-0.2, -0.15) is 0 Å². The Hall–Kier alpha value is -1.79. The molecule has 1 unspecified atom stereocenters. The maximum absolute atomic E-state index is 11.4. The van der Waals surface area contributed by atoms with E-state index in [0.717, 1.165) is 6.42 Å². The lowest BCUT2D eigenvalue weighted by atomic mass is 10.2. The van der Waals surface area contributed by atoms with Crippen molar-refractivity contribution in [1.82, 2.24) is 10.6 Å². The van der Waals surface area contributed by atoms with Gasteiger partial charge in [-0.3, -0.25) is 4.79 Å². The first-order chi connectivity index (χ1) is 7.72. The highest BCUT2D eigenvalue weighted by Crippen LogP contribution is 2.44. The van der Waals surface area contributed by atoms with Crippen LogP contribution in [0.15, 0.2) is 0 Å². The Morgan fingerprint density at radius 2 is 2.00 bits per heavy atom. The van der Waals surface area contributed by atoms with Gasteiger partial charge in [-0.25, -0.2) is 9.59 Å². The van der Waals surface area contributed by atoms with E-state index in [0.29, 0.717) is 0 Å². The molecule has 3 amide bonds. The highest BCUT2D eigenvalue weighted by Gasteiger charge is 2.46. The molecule has 0 aromatic rings. The molecule has 0 spiro atoms. The van der Waals surface area contributed by atoms with Crippen LogP contribution in [0, 0.1) is 5.41 Å². The van der Waals surface area contributed by atoms with E-state index in [1.54, 1.807) is 0 Å². The third-order valence-electron chi connectivity index (χ3n) is 2.83. The van der Waals surface area contributed by atoms with Gasteiger partial charge in [0.05, 0.1) is 6.42 Å². The number of hydrogen-bond donors (Lipinski definition) is 4. The molecule has 1 saturated carbocycles. The highest BCUT2D eigenvalue weighted by molar-refractivity contribution is 5.87. The van der Waals surface area contributed by atoms with Crippen molar-refractivity contribution in [3.63, 3.8) is 0 Å². The number of carboxylic acids is 1. The minimum absolute atomic E-state index is 0.0468. The zero-order valence-corrected chi connectivity index (χ0v) is 9.82. The average Bonchev–Trinajstić information content (AvgIpc) is 2.71. The number of primary amides is 1. The Labute approximate surface area is 98.7 Å². The molecular formula is C10H17N3O4. The van der Waals surface area contributed by atoms with Gasteiger partial charge in [0.2, 0.25) is 5.91 Å². The first-order valence-corrected chi connectivity index (χ1v) is 5.30. The SMILES string of the molecule is CC1(C)CC1NC(=O)N[C@@H](CC(N)=O)C(=O)O. The van der Waals surface area contributed by atoms with E-state index in [9.17, 15) is 14.4 Å². The second kappa shape index (κ2) is 4.60. The number of carbonyl (C=O) groups is 3. The normalized spacial score (nSPS) is 22.4. The van der Waals surface area contributed by atoms with Crippen molar-refractivity contribution >= 4 is 17.9 Å². The largest absolute Gasteiger partial charge is 0.480 e. The Morgan fingerprint density at radius 3 is 2.35 bits per heavy atom. The summed E-state index contributed by atoms with van der Waals surface area (Å²) in [6.45, 7) is 3.99. The Kier molecular flexibility index (Phi) is 3.59. The van der Waals surface area contributed by atoms with Crippen LogP contribution in [0.2, 0.25) is 0 Å². The average molecular weight is 243 g/mol. The van der Waals surface area contributed by atoms with Gasteiger partial charge >= 0.3 is 12.0 Å². The number of nitrogens with two attached hydrogens (primary N) is 1. The molecule has 1 rings (SSSR count). The van der Waals surface area contributed by atoms with Crippen LogP contribution in [-0.4, -0.2) is 35.1 Å². The smallest absolute Gasteiger partial charge is 0.326 e. The number of rotatable bonds is 5. The van der Waals surface area contributed by atoms with Crippen molar-refractivity contribution in [3.8, 4) is 0 Å². The maximum atomic E-state index is 11.4. The summed E-state index contributed by atoms with van der Waals surface area (Å²) in [7, 11) is 0. The summed E-state index contributed by atoms with van der Waals surface area (Å²) in [6.07, 6.45) is 0.435. The molecule has 7 nitrogen and oxygen atoms in total. The third-order valence-corrected chi connectivity index (χ3v) is 2.83. The van der Waals surface area contributed by atoms with Crippen molar-refractivity contribution in [2.24, 2.45) is 11.1 Å². The van der Waals surface area contributed by atoms with Gasteiger partial charge in [0.15, 0.2) is 0 Å². The molecule has 1 fully saturated rings. The van der Waals surface area contributed by atoms with Crippen LogP contribution >= 0.6 is 0 Å². The number of hydrogen-bond acceptors (Lipinski definition) is 3. The van der Waals surface area contributed by atoms with Crippen LogP contribution in [0.1, 0.15) is 26.7 Å². The van der Waals surface area contributed by atoms with E-state index >= 15 is 0 Å². The summed E-state index contributed by atoms with van der Waals surface area (Å²) < 4.78 is 0. The lowest BCUT2D eigenvalue weighted by molar-refractivity contribution is -0.140. The molecule has 0 heterocycles. The standard InChI is InChI=1S/C10H17N3O4/c1-10(2)4-6(10)13-9(17)12-5(8(15)16)3-7(11)14/h5-6H,3-4H2,1-2H3,(H2,11,14)(H,15,16)(H2,12,13,17)/t5-,6?/m0/s1. The van der Waals surface area contributed by atoms with Gasteiger partial charge in [0.25, 0.3) is 0 Å². The lowest BCUT2D eigenvalue weighted by Gasteiger charge is -2.14. The second-order valence-corrected chi connectivity index (χ2v) is 4.92. The third kappa shape index (κ3) is 3.93. The van der Waals surface area contributed by atoms with Gasteiger partial charge in [0.1, 0.15) is 6.04 Å². The predicted octanol–water partition coefficient (Wildman–Crippen LogP) is -0.587. The molecule has 1 aliphatic rings. The van der Waals surface area contributed by atoms with E-state index in [4.69, 9.17) is 10.8 Å². The molecule has 17 heavy (non-hydrogen) atoms. The minimum atomic E-state index is -1.28. The zero-order chi connectivity index (χ0) is 13.2. The summed E-state index contributed by atoms with van der Waals surface area (Å²) in [5.41, 5.74) is 4.94. The molecular weight excluding hydrogens is 226 g/mol. The number of carboxylic acid groups (broad SMARTS) is 1. The summed E-state index contributed by atoms with van der Waals surface area (Å²) in [4.78, 5) is 32.8. The monoisotopic (exact) mass is 243 g/mol. The summed E-state index contributed by atoms with van der Waals surface area (Å²) >= 11 is 0. The fourth-order valence-electron chi connectivity index (χ4n) is 1.47. The fraction of sp³-hybridized carbons (Fsp3) is 0.700. The number of aliphatic carboxylic acids is 1. The highest BCUT2D eigenvalue weighted by atomic mass is 16.4. The number of urea groups is 1. The molecule has 7 heteroatoms. The molecule has 0 radical (unpaired) electrons. The first kappa shape index (κ1) is 13.3. The topological polar surface area (TPSA) is 122 Å². The second-order valence-electron chi connectivity index (χ2n) is 4.92. The number of carbonyl (C=O) groups excluding carboxylic acids is 2. The molecule has 0 aromatic carbocycles. The number of amides is 3. The summed E-state index contributed by atoms with van der Waals surface area (Å²) in [5.74, 6) is -2.06. The molecule has 2 atom stereocenters. The molecule has 96 valence electrons. The molecule has 0 aromatic heterocycles. The van der Waals surface area contributed by atoms with E-state index in [1.807, 2.05) is 13.8 Å². The van der Waals surface area contributed by atoms with Crippen LogP contribution in [0.25, 0.3) is 0 Å². The van der Waals surface area contributed by atoms with Gasteiger partial charge in [-0.15, -0.1) is 0 Å². The maximum Gasteiger partial charge on any atom is 0.326 e. The van der Waals surface area contributed by atoms with E-state index in [2.05, 4.69) is 10.6 Å². The van der Waals surface area contributed by atoms with Crippen molar-refractivity contribution in [2.45, 2.75) is 38.8 Å². The van der Waals surface area contributed by atoms with Crippen LogP contribution in [0.5, 0.6) is 0 Å². The fourth-order valence-corrected chi connectivity index (χ4v) is 1.47. The Morgan fingerprint density at radius 1 is 1.47 bits per heavy atom. The van der Waals surface area contributed by atoms with Crippen molar-refractivity contribution in [1.29, 1.82) is 0 Å². The van der Waals surface area contributed by atoms with E-state index in [1.165, 1.54) is 0 Å². The molecule has 0 saturated heterocycles. The predicted molar refractivity (Wildman–Crippen MR) is 59.1 cm³/mol. The van der Waals surface area contributed by atoms with Gasteiger partial charge < -0.3 is 21.5 Å². The van der Waals surface area contributed by atoms with Gasteiger partial charge in [-0.1, -0.05) is 13.8 Å². The van der Waals surface area contributed by atoms with E-state index in [-0.39, 0.29) is 11.5 Å². The van der Waals surface area contributed by atoms with Gasteiger partial charge in [0, 0.05) is 6.04 Å². The zero-order valence-electron chi connectivity index (χ0n) is 9.82. The van der Waals surface area contributed by atoms with Crippen LogP contribution in [-0.2, 0) is 9.59 Å². The van der Waals surface area contributed by atoms with Gasteiger partial charge in [-0.05, 0) is 11.8 Å². The number of nitrogens with one attached hydrogen (secondary N) is 2. The molecule has 1 aliphatic carbocycles. The van der Waals surface area contributed by atoms with Crippen molar-refractivity contribution < 1.29 is 19.5 Å². The van der Waals surface area contributed by atoms with Crippen molar-refractivity contribution in [2.75, 3.05) is 0 Å². The van der Waals surface area contributed by atoms with Crippen LogP contribution < -0.4 is 16.4 Å². The first-order valence-electron chi connectivity index (χ1n) is 5.30.